The fourth-order valence-corrected chi connectivity index (χ4v) is 1.47. The summed E-state index contributed by atoms with van der Waals surface area (Å²) in [6, 6.07) is 17.5. The van der Waals surface area contributed by atoms with E-state index in [1.165, 1.54) is 5.56 Å². The third-order valence-corrected chi connectivity index (χ3v) is 2.44. The molecule has 0 bridgehead atoms. The van der Waals surface area contributed by atoms with Crippen LogP contribution in [0.25, 0.3) is 0 Å². The summed E-state index contributed by atoms with van der Waals surface area (Å²) in [5, 5.41) is 8.93. The first-order valence-corrected chi connectivity index (χ1v) is 5.37. The maximum atomic E-state index is 8.93. The van der Waals surface area contributed by atoms with Crippen LogP contribution in [0, 0.1) is 30.1 Å². The Labute approximate surface area is 101 Å². The van der Waals surface area contributed by atoms with Crippen molar-refractivity contribution in [1.29, 1.82) is 5.26 Å². The average Bonchev–Trinajstić information content (AvgIpc) is 2.38. The van der Waals surface area contributed by atoms with Gasteiger partial charge in [0, 0.05) is 11.1 Å². The Balaban J connectivity index is 2.33. The predicted molar refractivity (Wildman–Crippen MR) is 68.3 cm³/mol. The molecule has 0 saturated heterocycles. The van der Waals surface area contributed by atoms with E-state index < -0.39 is 0 Å². The highest BCUT2D eigenvalue weighted by atomic mass is 14.2. The van der Waals surface area contributed by atoms with E-state index in [-0.39, 0.29) is 0 Å². The Bertz CT molecular complexity index is 619. The molecule has 0 aliphatic rings. The van der Waals surface area contributed by atoms with Crippen molar-refractivity contribution in [2.75, 3.05) is 0 Å². The van der Waals surface area contributed by atoms with Gasteiger partial charge >= 0.3 is 0 Å². The van der Waals surface area contributed by atoms with Gasteiger partial charge in [-0.25, -0.2) is 0 Å². The van der Waals surface area contributed by atoms with Gasteiger partial charge in [0.1, 0.15) is 6.07 Å². The summed E-state index contributed by atoms with van der Waals surface area (Å²) >= 11 is 0. The van der Waals surface area contributed by atoms with Gasteiger partial charge in [0.15, 0.2) is 0 Å². The quantitative estimate of drug-likeness (QED) is 0.621. The topological polar surface area (TPSA) is 23.8 Å². The highest BCUT2D eigenvalue weighted by Crippen LogP contribution is 2.06. The summed E-state index contributed by atoms with van der Waals surface area (Å²) in [4.78, 5) is 0. The fraction of sp³-hybridized carbons (Fsp3) is 0.0625. The zero-order valence-corrected chi connectivity index (χ0v) is 9.57. The van der Waals surface area contributed by atoms with E-state index in [1.54, 1.807) is 6.07 Å². The molecule has 0 aliphatic carbocycles. The highest BCUT2D eigenvalue weighted by molar-refractivity contribution is 5.50. The number of hydrogen-bond donors (Lipinski definition) is 0. The van der Waals surface area contributed by atoms with E-state index >= 15 is 0 Å². The summed E-state index contributed by atoms with van der Waals surface area (Å²) in [6.45, 7) is 2.04. The lowest BCUT2D eigenvalue weighted by atomic mass is 10.1. The number of nitrogens with zero attached hydrogens (tertiary/aromatic N) is 1. The van der Waals surface area contributed by atoms with Crippen LogP contribution in [0.4, 0.5) is 0 Å². The molecule has 17 heavy (non-hydrogen) atoms. The third-order valence-electron chi connectivity index (χ3n) is 2.44. The van der Waals surface area contributed by atoms with Crippen LogP contribution in [0.1, 0.15) is 22.3 Å². The fourth-order valence-electron chi connectivity index (χ4n) is 1.47. The van der Waals surface area contributed by atoms with Gasteiger partial charge in [-0.1, -0.05) is 41.7 Å². The van der Waals surface area contributed by atoms with Crippen molar-refractivity contribution in [3.05, 3.63) is 70.8 Å². The van der Waals surface area contributed by atoms with Crippen LogP contribution in [-0.2, 0) is 0 Å². The first-order valence-electron chi connectivity index (χ1n) is 5.37. The molecule has 0 spiro atoms. The van der Waals surface area contributed by atoms with Crippen LogP contribution in [0.15, 0.2) is 48.5 Å². The van der Waals surface area contributed by atoms with Crippen molar-refractivity contribution in [3.63, 3.8) is 0 Å². The first-order chi connectivity index (χ1) is 8.29. The number of hydrogen-bond acceptors (Lipinski definition) is 1. The van der Waals surface area contributed by atoms with Crippen LogP contribution in [-0.4, -0.2) is 0 Å². The van der Waals surface area contributed by atoms with E-state index in [0.29, 0.717) is 5.56 Å². The van der Waals surface area contributed by atoms with Gasteiger partial charge in [0.25, 0.3) is 0 Å². The molecular formula is C16H11N. The van der Waals surface area contributed by atoms with Crippen LogP contribution >= 0.6 is 0 Å². The minimum absolute atomic E-state index is 0.618. The monoisotopic (exact) mass is 217 g/mol. The van der Waals surface area contributed by atoms with Crippen LogP contribution in [0.5, 0.6) is 0 Å². The summed E-state index contributed by atoms with van der Waals surface area (Å²) in [6.07, 6.45) is 0. The second-order valence-corrected chi connectivity index (χ2v) is 3.77. The Morgan fingerprint density at radius 3 is 2.12 bits per heavy atom. The Morgan fingerprint density at radius 1 is 0.824 bits per heavy atom. The second-order valence-electron chi connectivity index (χ2n) is 3.77. The molecule has 2 aromatic rings. The molecule has 0 heterocycles. The zero-order valence-electron chi connectivity index (χ0n) is 9.57. The molecule has 2 rings (SSSR count). The normalized spacial score (nSPS) is 8.94. The Hall–Kier alpha value is -2.51. The van der Waals surface area contributed by atoms with Crippen LogP contribution < -0.4 is 0 Å². The maximum absolute atomic E-state index is 8.93. The van der Waals surface area contributed by atoms with Crippen LogP contribution in [0.2, 0.25) is 0 Å². The Morgan fingerprint density at radius 2 is 1.47 bits per heavy atom. The smallest absolute Gasteiger partial charge is 0.100 e. The zero-order chi connectivity index (χ0) is 12.1. The molecule has 0 unspecified atom stereocenters. The lowest BCUT2D eigenvalue weighted by molar-refractivity contribution is 1.46. The molecule has 0 radical (unpaired) electrons. The average molecular weight is 217 g/mol. The van der Waals surface area contributed by atoms with E-state index in [4.69, 9.17) is 5.26 Å². The molecule has 1 heteroatoms. The van der Waals surface area contributed by atoms with E-state index in [1.807, 2.05) is 49.4 Å². The number of aryl methyl sites for hydroxylation is 1. The number of nitriles is 1. The molecule has 0 atom stereocenters. The van der Waals surface area contributed by atoms with Crippen molar-refractivity contribution in [2.45, 2.75) is 6.92 Å². The van der Waals surface area contributed by atoms with Crippen molar-refractivity contribution < 1.29 is 0 Å². The molecule has 0 aromatic heterocycles. The molecule has 2 aromatic carbocycles. The lowest BCUT2D eigenvalue weighted by Gasteiger charge is -1.94. The number of rotatable bonds is 0. The minimum atomic E-state index is 0.618. The molecule has 0 amide bonds. The van der Waals surface area contributed by atoms with Gasteiger partial charge in [-0.15, -0.1) is 0 Å². The van der Waals surface area contributed by atoms with Gasteiger partial charge in [-0.3, -0.25) is 0 Å². The van der Waals surface area contributed by atoms with Crippen molar-refractivity contribution >= 4 is 0 Å². The number of benzene rings is 2. The SMILES string of the molecule is Cc1ccc(C#Cc2ccccc2C#N)cc1. The maximum Gasteiger partial charge on any atom is 0.100 e. The molecule has 0 N–H and O–H groups in total. The largest absolute Gasteiger partial charge is 0.192 e. The van der Waals surface area contributed by atoms with Crippen LogP contribution in [0.3, 0.4) is 0 Å². The van der Waals surface area contributed by atoms with Crippen molar-refractivity contribution in [2.24, 2.45) is 0 Å². The highest BCUT2D eigenvalue weighted by Gasteiger charge is 1.95. The van der Waals surface area contributed by atoms with Gasteiger partial charge in [0.2, 0.25) is 0 Å². The molecule has 0 fully saturated rings. The molecule has 0 saturated carbocycles. The Kier molecular flexibility index (Phi) is 3.24. The van der Waals surface area contributed by atoms with Gasteiger partial charge in [0.05, 0.1) is 5.56 Å². The van der Waals surface area contributed by atoms with E-state index in [2.05, 4.69) is 17.9 Å². The summed E-state index contributed by atoms with van der Waals surface area (Å²) < 4.78 is 0. The third kappa shape index (κ3) is 2.74. The van der Waals surface area contributed by atoms with Gasteiger partial charge in [-0.05, 0) is 31.2 Å². The predicted octanol–water partition coefficient (Wildman–Crippen LogP) is 3.27. The molecule has 80 valence electrons. The van der Waals surface area contributed by atoms with Crippen molar-refractivity contribution in [3.8, 4) is 17.9 Å². The summed E-state index contributed by atoms with van der Waals surface area (Å²) in [5.41, 5.74) is 3.57. The summed E-state index contributed by atoms with van der Waals surface area (Å²) in [5.74, 6) is 6.09. The van der Waals surface area contributed by atoms with Gasteiger partial charge < -0.3 is 0 Å². The minimum Gasteiger partial charge on any atom is -0.192 e. The van der Waals surface area contributed by atoms with Gasteiger partial charge in [-0.2, -0.15) is 5.26 Å². The molecular weight excluding hydrogens is 206 g/mol. The molecule has 0 aliphatic heterocycles. The van der Waals surface area contributed by atoms with E-state index in [9.17, 15) is 0 Å². The molecule has 1 nitrogen and oxygen atoms in total. The standard InChI is InChI=1S/C16H11N/c1-13-6-8-14(9-7-13)10-11-15-4-2-3-5-16(15)12-17/h2-9H,1H3. The lowest BCUT2D eigenvalue weighted by Crippen LogP contribution is -1.82. The van der Waals surface area contributed by atoms with E-state index in [0.717, 1.165) is 11.1 Å². The first kappa shape index (κ1) is 11.0. The summed E-state index contributed by atoms with van der Waals surface area (Å²) in [7, 11) is 0. The van der Waals surface area contributed by atoms with Crippen molar-refractivity contribution in [1.82, 2.24) is 0 Å². The second kappa shape index (κ2) is 5.01.